The Labute approximate surface area is 207 Å². The second-order valence-corrected chi connectivity index (χ2v) is 8.91. The van der Waals surface area contributed by atoms with E-state index in [9.17, 15) is 14.4 Å². The molecule has 3 aromatic carbocycles. The van der Waals surface area contributed by atoms with Gasteiger partial charge in [-0.25, -0.2) is 0 Å². The molecule has 1 aliphatic rings. The third-order valence-electron chi connectivity index (χ3n) is 6.55. The van der Waals surface area contributed by atoms with Crippen molar-refractivity contribution in [2.24, 2.45) is 5.92 Å². The van der Waals surface area contributed by atoms with Gasteiger partial charge in [0.15, 0.2) is 5.76 Å². The zero-order valence-electron chi connectivity index (χ0n) is 20.2. The maximum atomic E-state index is 13.5. The van der Waals surface area contributed by atoms with Gasteiger partial charge in [-0.15, -0.1) is 0 Å². The summed E-state index contributed by atoms with van der Waals surface area (Å²) in [5.41, 5.74) is 3.18. The molecule has 1 saturated heterocycles. The molecule has 0 N–H and O–H groups in total. The fraction of sp³-hybridized carbons (Fsp3) is 0.207. The van der Waals surface area contributed by atoms with Gasteiger partial charge in [0.1, 0.15) is 11.3 Å². The molecule has 0 radical (unpaired) electrons. The highest BCUT2D eigenvalue weighted by Crippen LogP contribution is 2.33. The SMILES string of the molecule is COc1ccc(N2CC(C(=O)Oc3c(-c4ccccc4)oc4cc(C)c(C)cc4c3=O)CC2=O)cc1. The van der Waals surface area contributed by atoms with Gasteiger partial charge in [0.2, 0.25) is 17.1 Å². The summed E-state index contributed by atoms with van der Waals surface area (Å²) < 4.78 is 17.0. The van der Waals surface area contributed by atoms with Crippen molar-refractivity contribution in [3.05, 3.63) is 88.1 Å². The Morgan fingerprint density at radius 2 is 1.67 bits per heavy atom. The zero-order valence-corrected chi connectivity index (χ0v) is 20.2. The Bertz CT molecular complexity index is 1520. The van der Waals surface area contributed by atoms with Gasteiger partial charge >= 0.3 is 5.97 Å². The Hall–Kier alpha value is -4.39. The Kier molecular flexibility index (Phi) is 6.06. The molecule has 0 saturated carbocycles. The summed E-state index contributed by atoms with van der Waals surface area (Å²) in [4.78, 5) is 41.0. The van der Waals surface area contributed by atoms with E-state index >= 15 is 0 Å². The highest BCUT2D eigenvalue weighted by molar-refractivity contribution is 6.00. The number of esters is 1. The summed E-state index contributed by atoms with van der Waals surface area (Å²) in [6.45, 7) is 4.00. The van der Waals surface area contributed by atoms with Gasteiger partial charge in [-0.3, -0.25) is 14.4 Å². The number of ether oxygens (including phenoxy) is 2. The van der Waals surface area contributed by atoms with Crippen LogP contribution in [0.25, 0.3) is 22.3 Å². The van der Waals surface area contributed by atoms with Gasteiger partial charge in [-0.05, 0) is 61.4 Å². The predicted octanol–water partition coefficient (Wildman–Crippen LogP) is 5.04. The van der Waals surface area contributed by atoms with Gasteiger partial charge < -0.3 is 18.8 Å². The Balaban J connectivity index is 1.49. The van der Waals surface area contributed by atoms with Crippen LogP contribution in [0.2, 0.25) is 0 Å². The normalized spacial score (nSPS) is 15.4. The average Bonchev–Trinajstić information content (AvgIpc) is 3.29. The number of benzene rings is 3. The molecule has 1 unspecified atom stereocenters. The quantitative estimate of drug-likeness (QED) is 0.370. The molecule has 1 amide bonds. The van der Waals surface area contributed by atoms with Crippen molar-refractivity contribution in [1.29, 1.82) is 0 Å². The van der Waals surface area contributed by atoms with Crippen LogP contribution in [-0.2, 0) is 9.59 Å². The van der Waals surface area contributed by atoms with E-state index in [4.69, 9.17) is 13.9 Å². The molecule has 5 rings (SSSR count). The maximum Gasteiger partial charge on any atom is 0.316 e. The maximum absolute atomic E-state index is 13.5. The van der Waals surface area contributed by atoms with Crippen molar-refractivity contribution in [3.8, 4) is 22.8 Å². The number of aryl methyl sites for hydroxylation is 2. The lowest BCUT2D eigenvalue weighted by molar-refractivity contribution is -0.139. The van der Waals surface area contributed by atoms with E-state index in [0.29, 0.717) is 28.0 Å². The predicted molar refractivity (Wildman–Crippen MR) is 136 cm³/mol. The minimum Gasteiger partial charge on any atom is -0.497 e. The van der Waals surface area contributed by atoms with Crippen LogP contribution in [0, 0.1) is 19.8 Å². The molecule has 0 aliphatic carbocycles. The van der Waals surface area contributed by atoms with Crippen molar-refractivity contribution in [2.75, 3.05) is 18.6 Å². The minimum atomic E-state index is -0.724. The van der Waals surface area contributed by atoms with Crippen LogP contribution in [0.3, 0.4) is 0 Å². The van der Waals surface area contributed by atoms with E-state index in [0.717, 1.165) is 11.1 Å². The molecule has 4 aromatic rings. The van der Waals surface area contributed by atoms with E-state index in [2.05, 4.69) is 0 Å². The monoisotopic (exact) mass is 483 g/mol. The molecule has 36 heavy (non-hydrogen) atoms. The summed E-state index contributed by atoms with van der Waals surface area (Å²) >= 11 is 0. The number of nitrogens with zero attached hydrogens (tertiary/aromatic N) is 1. The third kappa shape index (κ3) is 4.24. The lowest BCUT2D eigenvalue weighted by Crippen LogP contribution is -2.28. The number of methoxy groups -OCH3 is 1. The summed E-state index contributed by atoms with van der Waals surface area (Å²) in [5.74, 6) is -0.881. The van der Waals surface area contributed by atoms with E-state index in [-0.39, 0.29) is 30.4 Å². The highest BCUT2D eigenvalue weighted by Gasteiger charge is 2.37. The second-order valence-electron chi connectivity index (χ2n) is 8.91. The number of fused-ring (bicyclic) bond motifs is 1. The number of rotatable bonds is 5. The molecule has 1 fully saturated rings. The van der Waals surface area contributed by atoms with Crippen LogP contribution in [-0.4, -0.2) is 25.5 Å². The van der Waals surface area contributed by atoms with E-state index in [1.54, 1.807) is 54.5 Å². The summed E-state index contributed by atoms with van der Waals surface area (Å²) in [6, 6.07) is 19.6. The van der Waals surface area contributed by atoms with Gasteiger partial charge in [-0.1, -0.05) is 30.3 Å². The van der Waals surface area contributed by atoms with Crippen molar-refractivity contribution in [3.63, 3.8) is 0 Å². The van der Waals surface area contributed by atoms with E-state index in [1.807, 2.05) is 38.1 Å². The number of carbonyl (C=O) groups is 2. The second kappa shape index (κ2) is 9.34. The first-order valence-electron chi connectivity index (χ1n) is 11.7. The minimum absolute atomic E-state index is 0.0112. The van der Waals surface area contributed by atoms with Crippen LogP contribution in [0.5, 0.6) is 11.5 Å². The molecule has 182 valence electrons. The third-order valence-corrected chi connectivity index (χ3v) is 6.55. The molecule has 2 heterocycles. The van der Waals surface area contributed by atoms with Crippen LogP contribution in [0.4, 0.5) is 5.69 Å². The van der Waals surface area contributed by atoms with Crippen molar-refractivity contribution in [1.82, 2.24) is 0 Å². The van der Waals surface area contributed by atoms with Crippen LogP contribution >= 0.6 is 0 Å². The molecule has 1 aliphatic heterocycles. The van der Waals surface area contributed by atoms with Crippen LogP contribution in [0.15, 0.2) is 75.9 Å². The van der Waals surface area contributed by atoms with Crippen LogP contribution in [0.1, 0.15) is 17.5 Å². The first kappa shape index (κ1) is 23.4. The summed E-state index contributed by atoms with van der Waals surface area (Å²) in [5, 5.41) is 0.336. The van der Waals surface area contributed by atoms with Gasteiger partial charge in [0.25, 0.3) is 0 Å². The number of amides is 1. The smallest absolute Gasteiger partial charge is 0.316 e. The summed E-state index contributed by atoms with van der Waals surface area (Å²) in [6.07, 6.45) is -0.0112. The molecular weight excluding hydrogens is 458 g/mol. The number of anilines is 1. The lowest BCUT2D eigenvalue weighted by Gasteiger charge is -2.17. The molecular formula is C29H25NO6. The van der Waals surface area contributed by atoms with E-state index < -0.39 is 17.3 Å². The molecule has 7 nitrogen and oxygen atoms in total. The van der Waals surface area contributed by atoms with Gasteiger partial charge in [0.05, 0.1) is 18.4 Å². The first-order valence-corrected chi connectivity index (χ1v) is 11.7. The first-order chi connectivity index (χ1) is 17.4. The fourth-order valence-corrected chi connectivity index (χ4v) is 4.37. The van der Waals surface area contributed by atoms with Crippen LogP contribution < -0.4 is 19.8 Å². The van der Waals surface area contributed by atoms with Crippen molar-refractivity contribution in [2.45, 2.75) is 20.3 Å². The average molecular weight is 484 g/mol. The molecule has 7 heteroatoms. The standard InChI is InChI=1S/C29H25NO6/c1-17-13-23-24(14-18(17)2)35-27(19-7-5-4-6-8-19)28(26(23)32)36-29(33)20-15-25(31)30(16-20)21-9-11-22(34-3)12-10-21/h4-14,20H,15-16H2,1-3H3. The number of carbonyl (C=O) groups excluding carboxylic acids is 2. The number of hydrogen-bond acceptors (Lipinski definition) is 6. The van der Waals surface area contributed by atoms with Gasteiger partial charge in [0, 0.05) is 24.2 Å². The number of hydrogen-bond donors (Lipinski definition) is 0. The zero-order chi connectivity index (χ0) is 25.4. The highest BCUT2D eigenvalue weighted by atomic mass is 16.5. The van der Waals surface area contributed by atoms with Gasteiger partial charge in [-0.2, -0.15) is 0 Å². The molecule has 1 atom stereocenters. The van der Waals surface area contributed by atoms with Crippen molar-refractivity contribution < 1.29 is 23.5 Å². The Morgan fingerprint density at radius 3 is 2.36 bits per heavy atom. The van der Waals surface area contributed by atoms with E-state index in [1.165, 1.54) is 0 Å². The van der Waals surface area contributed by atoms with Crippen molar-refractivity contribution >= 4 is 28.5 Å². The topological polar surface area (TPSA) is 86.0 Å². The molecule has 1 aromatic heterocycles. The molecule has 0 bridgehead atoms. The fourth-order valence-electron chi connectivity index (χ4n) is 4.37. The molecule has 0 spiro atoms. The largest absolute Gasteiger partial charge is 0.497 e. The lowest BCUT2D eigenvalue weighted by atomic mass is 10.0. The summed E-state index contributed by atoms with van der Waals surface area (Å²) in [7, 11) is 1.57. The Morgan fingerprint density at radius 1 is 0.972 bits per heavy atom.